The van der Waals surface area contributed by atoms with Crippen LogP contribution >= 0.6 is 11.6 Å². The molecule has 4 nitrogen and oxygen atoms in total. The number of hydrogen-bond acceptors (Lipinski definition) is 2. The molecule has 2 aromatic rings. The van der Waals surface area contributed by atoms with Gasteiger partial charge in [-0.25, -0.2) is 4.68 Å². The SMILES string of the molecule is CN(/C=N\n1ccc(Cl)c1C=O)c1cccc(C(F)(F)F)c1. The van der Waals surface area contributed by atoms with E-state index in [0.29, 0.717) is 12.0 Å². The fourth-order valence-electron chi connectivity index (χ4n) is 1.72. The number of hydrogen-bond donors (Lipinski definition) is 0. The van der Waals surface area contributed by atoms with E-state index in [2.05, 4.69) is 5.10 Å². The Kier molecular flexibility index (Phi) is 4.56. The van der Waals surface area contributed by atoms with Crippen LogP contribution < -0.4 is 4.90 Å². The molecule has 0 fully saturated rings. The molecule has 0 atom stereocenters. The van der Waals surface area contributed by atoms with E-state index in [4.69, 9.17) is 11.6 Å². The highest BCUT2D eigenvalue weighted by molar-refractivity contribution is 6.32. The Bertz CT molecular complexity index is 710. The van der Waals surface area contributed by atoms with E-state index < -0.39 is 11.7 Å². The summed E-state index contributed by atoms with van der Waals surface area (Å²) in [6.45, 7) is 0. The number of carbonyl (C=O) groups excluding carboxylic acids is 1. The predicted molar refractivity (Wildman–Crippen MR) is 78.6 cm³/mol. The van der Waals surface area contributed by atoms with Gasteiger partial charge in [-0.05, 0) is 24.3 Å². The van der Waals surface area contributed by atoms with Crippen molar-refractivity contribution in [1.82, 2.24) is 4.68 Å². The number of anilines is 1. The van der Waals surface area contributed by atoms with Gasteiger partial charge in [-0.15, -0.1) is 0 Å². The number of benzene rings is 1. The second kappa shape index (κ2) is 6.23. The Labute approximate surface area is 129 Å². The smallest absolute Gasteiger partial charge is 0.334 e. The van der Waals surface area contributed by atoms with Gasteiger partial charge in [0.1, 0.15) is 12.0 Å². The maximum atomic E-state index is 12.7. The molecule has 0 aliphatic heterocycles. The second-order valence-electron chi connectivity index (χ2n) is 4.40. The Hall–Kier alpha value is -2.28. The summed E-state index contributed by atoms with van der Waals surface area (Å²) in [7, 11) is 1.55. The maximum absolute atomic E-state index is 12.7. The second-order valence-corrected chi connectivity index (χ2v) is 4.81. The summed E-state index contributed by atoms with van der Waals surface area (Å²) in [6, 6.07) is 6.32. The largest absolute Gasteiger partial charge is 0.416 e. The zero-order chi connectivity index (χ0) is 16.3. The van der Waals surface area contributed by atoms with Gasteiger partial charge in [0.2, 0.25) is 0 Å². The van der Waals surface area contributed by atoms with Crippen molar-refractivity contribution in [3.8, 4) is 0 Å². The first kappa shape index (κ1) is 16.1. The van der Waals surface area contributed by atoms with Crippen molar-refractivity contribution in [3.63, 3.8) is 0 Å². The van der Waals surface area contributed by atoms with E-state index in [1.807, 2.05) is 0 Å². The standard InChI is InChI=1S/C14H11ClF3N3O/c1-20(9-19-21-6-5-12(15)13(21)8-22)11-4-2-3-10(7-11)14(16,17)18/h2-9H,1H3/b19-9-. The van der Waals surface area contributed by atoms with Crippen LogP contribution in [-0.2, 0) is 6.18 Å². The zero-order valence-corrected chi connectivity index (χ0v) is 12.1. The quantitative estimate of drug-likeness (QED) is 0.484. The minimum atomic E-state index is -4.41. The highest BCUT2D eigenvalue weighted by Crippen LogP contribution is 2.31. The molecule has 1 aromatic carbocycles. The average Bonchev–Trinajstić information content (AvgIpc) is 2.84. The molecule has 0 unspecified atom stereocenters. The molecule has 1 aromatic heterocycles. The van der Waals surface area contributed by atoms with Gasteiger partial charge >= 0.3 is 6.18 Å². The van der Waals surface area contributed by atoms with Gasteiger partial charge in [0.05, 0.1) is 10.6 Å². The van der Waals surface area contributed by atoms with Gasteiger partial charge in [0.25, 0.3) is 0 Å². The van der Waals surface area contributed by atoms with Crippen LogP contribution in [0.5, 0.6) is 0 Å². The molecule has 0 N–H and O–H groups in total. The van der Waals surface area contributed by atoms with Crippen molar-refractivity contribution in [1.29, 1.82) is 0 Å². The van der Waals surface area contributed by atoms with Gasteiger partial charge in [-0.2, -0.15) is 18.3 Å². The van der Waals surface area contributed by atoms with E-state index in [1.54, 1.807) is 7.05 Å². The van der Waals surface area contributed by atoms with Crippen molar-refractivity contribution < 1.29 is 18.0 Å². The molecule has 0 aliphatic carbocycles. The number of halogens is 4. The molecule has 0 spiro atoms. The molecule has 1 heterocycles. The average molecular weight is 330 g/mol. The topological polar surface area (TPSA) is 37.6 Å². The van der Waals surface area contributed by atoms with Gasteiger partial charge < -0.3 is 4.90 Å². The molecule has 0 amide bonds. The van der Waals surface area contributed by atoms with Crippen molar-refractivity contribution in [3.05, 3.63) is 52.8 Å². The number of alkyl halides is 3. The summed E-state index contributed by atoms with van der Waals surface area (Å²) in [4.78, 5) is 12.3. The van der Waals surface area contributed by atoms with Crippen LogP contribution in [0.4, 0.5) is 18.9 Å². The molecule has 22 heavy (non-hydrogen) atoms. The molecule has 0 aliphatic rings. The van der Waals surface area contributed by atoms with Crippen molar-refractivity contribution >= 4 is 29.9 Å². The van der Waals surface area contributed by atoms with Gasteiger partial charge in [-0.1, -0.05) is 17.7 Å². The zero-order valence-electron chi connectivity index (χ0n) is 11.4. The van der Waals surface area contributed by atoms with Crippen molar-refractivity contribution in [2.24, 2.45) is 5.10 Å². The molecule has 0 bridgehead atoms. The van der Waals surface area contributed by atoms with E-state index in [0.717, 1.165) is 12.1 Å². The number of aromatic nitrogens is 1. The van der Waals surface area contributed by atoms with E-state index in [1.165, 1.54) is 40.3 Å². The van der Waals surface area contributed by atoms with Gasteiger partial charge in [0.15, 0.2) is 6.29 Å². The molecule has 0 radical (unpaired) electrons. The first-order chi connectivity index (χ1) is 10.3. The number of rotatable bonds is 4. The van der Waals surface area contributed by atoms with Crippen LogP contribution in [-0.4, -0.2) is 24.3 Å². The van der Waals surface area contributed by atoms with Crippen molar-refractivity contribution in [2.45, 2.75) is 6.18 Å². The van der Waals surface area contributed by atoms with Gasteiger partial charge in [-0.3, -0.25) is 4.79 Å². The molecule has 2 rings (SSSR count). The first-order valence-corrected chi connectivity index (χ1v) is 6.47. The van der Waals surface area contributed by atoms with E-state index in [-0.39, 0.29) is 10.7 Å². The summed E-state index contributed by atoms with van der Waals surface area (Å²) < 4.78 is 39.3. The lowest BCUT2D eigenvalue weighted by atomic mass is 10.2. The normalized spacial score (nSPS) is 11.9. The summed E-state index contributed by atoms with van der Waals surface area (Å²) in [5, 5.41) is 4.23. The molecular weight excluding hydrogens is 319 g/mol. The number of nitrogens with zero attached hydrogens (tertiary/aromatic N) is 3. The Morgan fingerprint density at radius 3 is 2.68 bits per heavy atom. The Morgan fingerprint density at radius 2 is 2.05 bits per heavy atom. The first-order valence-electron chi connectivity index (χ1n) is 6.09. The fourth-order valence-corrected chi connectivity index (χ4v) is 1.91. The van der Waals surface area contributed by atoms with Crippen LogP contribution in [0.3, 0.4) is 0 Å². The summed E-state index contributed by atoms with van der Waals surface area (Å²) in [5.41, 5.74) is -0.275. The Balaban J connectivity index is 2.23. The molecule has 0 saturated heterocycles. The number of aldehydes is 1. The predicted octanol–water partition coefficient (Wildman–Crippen LogP) is 3.90. The minimum absolute atomic E-state index is 0.162. The minimum Gasteiger partial charge on any atom is -0.334 e. The highest BCUT2D eigenvalue weighted by Gasteiger charge is 2.30. The molecule has 8 heteroatoms. The Morgan fingerprint density at radius 1 is 1.32 bits per heavy atom. The number of carbonyl (C=O) groups is 1. The third-order valence-electron chi connectivity index (χ3n) is 2.90. The third-order valence-corrected chi connectivity index (χ3v) is 3.21. The lowest BCUT2D eigenvalue weighted by molar-refractivity contribution is -0.137. The molecular formula is C14H11ClF3N3O. The van der Waals surface area contributed by atoms with Crippen LogP contribution in [0.15, 0.2) is 41.6 Å². The van der Waals surface area contributed by atoms with Crippen LogP contribution in [0, 0.1) is 0 Å². The maximum Gasteiger partial charge on any atom is 0.416 e. The molecule has 116 valence electrons. The van der Waals surface area contributed by atoms with Gasteiger partial charge in [0, 0.05) is 18.9 Å². The monoisotopic (exact) mass is 329 g/mol. The fraction of sp³-hybridized carbons (Fsp3) is 0.143. The van der Waals surface area contributed by atoms with Crippen LogP contribution in [0.25, 0.3) is 0 Å². The lowest BCUT2D eigenvalue weighted by Gasteiger charge is -2.15. The highest BCUT2D eigenvalue weighted by atomic mass is 35.5. The lowest BCUT2D eigenvalue weighted by Crippen LogP contribution is -2.16. The van der Waals surface area contributed by atoms with Crippen LogP contribution in [0.1, 0.15) is 16.1 Å². The summed E-state index contributed by atoms with van der Waals surface area (Å²) >= 11 is 5.78. The third kappa shape index (κ3) is 3.48. The summed E-state index contributed by atoms with van der Waals surface area (Å²) in [6.07, 6.45) is -1.10. The molecule has 0 saturated carbocycles. The van der Waals surface area contributed by atoms with E-state index in [9.17, 15) is 18.0 Å². The summed E-state index contributed by atoms with van der Waals surface area (Å²) in [5.74, 6) is 0. The van der Waals surface area contributed by atoms with E-state index >= 15 is 0 Å². The van der Waals surface area contributed by atoms with Crippen molar-refractivity contribution in [2.75, 3.05) is 11.9 Å². The van der Waals surface area contributed by atoms with Crippen LogP contribution in [0.2, 0.25) is 5.02 Å².